The van der Waals surface area contributed by atoms with Crippen LogP contribution >= 0.6 is 34.8 Å². The number of rotatable bonds is 6. The normalized spacial score (nSPS) is 10.8. The van der Waals surface area contributed by atoms with Crippen LogP contribution in [0.2, 0.25) is 15.1 Å². The van der Waals surface area contributed by atoms with Crippen LogP contribution < -0.4 is 10.5 Å². The van der Waals surface area contributed by atoms with E-state index < -0.39 is 5.56 Å². The highest BCUT2D eigenvalue weighted by Gasteiger charge is 2.12. The molecule has 124 valence electrons. The van der Waals surface area contributed by atoms with E-state index in [4.69, 9.17) is 39.5 Å². The third-order valence-electron chi connectivity index (χ3n) is 3.24. The highest BCUT2D eigenvalue weighted by Crippen LogP contribution is 2.27. The topological polar surface area (TPSA) is 47.4 Å². The molecule has 0 atom stereocenters. The van der Waals surface area contributed by atoms with E-state index >= 15 is 0 Å². The van der Waals surface area contributed by atoms with Gasteiger partial charge >= 0.3 is 0 Å². The van der Waals surface area contributed by atoms with E-state index in [0.29, 0.717) is 30.5 Å². The molecule has 0 saturated carbocycles. The van der Waals surface area contributed by atoms with E-state index in [1.165, 1.54) is 6.20 Å². The highest BCUT2D eigenvalue weighted by molar-refractivity contribution is 6.41. The fraction of sp³-hybridized carbons (Fsp3) is 0.333. The van der Waals surface area contributed by atoms with Crippen molar-refractivity contribution in [1.29, 1.82) is 0 Å². The first kappa shape index (κ1) is 18.1. The molecule has 0 saturated heterocycles. The van der Waals surface area contributed by atoms with Crippen LogP contribution in [0.4, 0.5) is 5.69 Å². The van der Waals surface area contributed by atoms with Crippen LogP contribution in [0.3, 0.4) is 0 Å². The van der Waals surface area contributed by atoms with Crippen LogP contribution in [0.25, 0.3) is 5.69 Å². The Labute approximate surface area is 149 Å². The van der Waals surface area contributed by atoms with Crippen molar-refractivity contribution in [3.05, 3.63) is 49.8 Å². The summed E-state index contributed by atoms with van der Waals surface area (Å²) in [5.74, 6) is 0. The summed E-state index contributed by atoms with van der Waals surface area (Å²) in [6.07, 6.45) is 1.32. The Balaban J connectivity index is 2.29. The lowest BCUT2D eigenvalue weighted by molar-refractivity contribution is 0.154. The summed E-state index contributed by atoms with van der Waals surface area (Å²) in [6, 6.07) is 5.23. The van der Waals surface area contributed by atoms with Crippen molar-refractivity contribution in [2.24, 2.45) is 0 Å². The van der Waals surface area contributed by atoms with Crippen LogP contribution in [0.1, 0.15) is 6.92 Å². The smallest absolute Gasteiger partial charge is 0.291 e. The SMILES string of the molecule is CCOCCN(C)c1ccc(-n2ncc(Cl)c(Cl)c2=O)cc1Cl. The van der Waals surface area contributed by atoms with E-state index in [0.717, 1.165) is 10.4 Å². The van der Waals surface area contributed by atoms with Crippen molar-refractivity contribution in [2.45, 2.75) is 6.92 Å². The molecule has 0 bridgehead atoms. The van der Waals surface area contributed by atoms with Gasteiger partial charge in [0.15, 0.2) is 0 Å². The Morgan fingerprint density at radius 3 is 2.65 bits per heavy atom. The number of halogens is 3. The second kappa shape index (κ2) is 8.02. The minimum Gasteiger partial charge on any atom is -0.380 e. The van der Waals surface area contributed by atoms with Gasteiger partial charge < -0.3 is 9.64 Å². The first-order valence-corrected chi connectivity index (χ1v) is 8.11. The number of anilines is 1. The zero-order chi connectivity index (χ0) is 17.0. The van der Waals surface area contributed by atoms with Gasteiger partial charge in [-0.3, -0.25) is 4.79 Å². The fourth-order valence-electron chi connectivity index (χ4n) is 2.00. The minimum atomic E-state index is -0.493. The highest BCUT2D eigenvalue weighted by atomic mass is 35.5. The molecule has 0 unspecified atom stereocenters. The summed E-state index contributed by atoms with van der Waals surface area (Å²) in [4.78, 5) is 14.1. The predicted octanol–water partition coefficient (Wildman–Crippen LogP) is 3.67. The maximum atomic E-state index is 12.1. The lowest BCUT2D eigenvalue weighted by atomic mass is 10.2. The molecule has 23 heavy (non-hydrogen) atoms. The quantitative estimate of drug-likeness (QED) is 0.722. The number of nitrogens with zero attached hydrogens (tertiary/aromatic N) is 3. The predicted molar refractivity (Wildman–Crippen MR) is 94.6 cm³/mol. The van der Waals surface area contributed by atoms with Gasteiger partial charge in [0.05, 0.1) is 34.2 Å². The molecule has 0 N–H and O–H groups in total. The molecular weight excluding hydrogens is 361 g/mol. The van der Waals surface area contributed by atoms with Gasteiger partial charge in [0, 0.05) is 20.2 Å². The standard InChI is InChI=1S/C15H16Cl3N3O2/c1-3-23-7-6-20(2)13-5-4-10(8-11(13)16)21-15(22)14(18)12(17)9-19-21/h4-5,8-9H,3,6-7H2,1-2H3. The third-order valence-corrected chi connectivity index (χ3v) is 4.29. The van der Waals surface area contributed by atoms with Crippen molar-refractivity contribution in [2.75, 3.05) is 31.7 Å². The van der Waals surface area contributed by atoms with Crippen molar-refractivity contribution in [1.82, 2.24) is 9.78 Å². The van der Waals surface area contributed by atoms with Gasteiger partial charge in [-0.2, -0.15) is 9.78 Å². The van der Waals surface area contributed by atoms with Gasteiger partial charge in [-0.25, -0.2) is 0 Å². The first-order chi connectivity index (χ1) is 11.0. The molecule has 1 aromatic heterocycles. The maximum absolute atomic E-state index is 12.1. The molecule has 0 radical (unpaired) electrons. The van der Waals surface area contributed by atoms with Crippen molar-refractivity contribution >= 4 is 40.5 Å². The van der Waals surface area contributed by atoms with E-state index in [9.17, 15) is 4.79 Å². The van der Waals surface area contributed by atoms with E-state index in [-0.39, 0.29) is 10.0 Å². The van der Waals surface area contributed by atoms with E-state index in [1.807, 2.05) is 24.9 Å². The largest absolute Gasteiger partial charge is 0.380 e. The first-order valence-electron chi connectivity index (χ1n) is 6.97. The molecule has 0 aliphatic heterocycles. The average molecular weight is 377 g/mol. The molecule has 0 aliphatic rings. The number of aromatic nitrogens is 2. The Kier molecular flexibility index (Phi) is 6.30. The summed E-state index contributed by atoms with van der Waals surface area (Å²) in [5.41, 5.74) is 0.858. The van der Waals surface area contributed by atoms with Crippen LogP contribution in [-0.2, 0) is 4.74 Å². The van der Waals surface area contributed by atoms with Crippen molar-refractivity contribution in [3.8, 4) is 5.69 Å². The van der Waals surface area contributed by atoms with Gasteiger partial charge in [0.25, 0.3) is 5.56 Å². The molecule has 0 aliphatic carbocycles. The number of likely N-dealkylation sites (N-methyl/N-ethyl adjacent to an activating group) is 1. The lowest BCUT2D eigenvalue weighted by Crippen LogP contribution is -2.24. The third kappa shape index (κ3) is 4.18. The molecule has 0 amide bonds. The molecule has 1 aromatic carbocycles. The van der Waals surface area contributed by atoms with Crippen LogP contribution in [0.15, 0.2) is 29.2 Å². The molecule has 0 fully saturated rings. The van der Waals surface area contributed by atoms with E-state index in [1.54, 1.807) is 12.1 Å². The summed E-state index contributed by atoms with van der Waals surface area (Å²) >= 11 is 18.0. The summed E-state index contributed by atoms with van der Waals surface area (Å²) in [7, 11) is 1.92. The van der Waals surface area contributed by atoms with Crippen molar-refractivity contribution < 1.29 is 4.74 Å². The van der Waals surface area contributed by atoms with Crippen LogP contribution in [-0.4, -0.2) is 36.6 Å². The van der Waals surface area contributed by atoms with Gasteiger partial charge in [-0.05, 0) is 25.1 Å². The molecule has 5 nitrogen and oxygen atoms in total. The van der Waals surface area contributed by atoms with E-state index in [2.05, 4.69) is 5.10 Å². The Morgan fingerprint density at radius 2 is 2.00 bits per heavy atom. The summed E-state index contributed by atoms with van der Waals surface area (Å²) in [6.45, 7) is 3.94. The van der Waals surface area contributed by atoms with Crippen LogP contribution in [0, 0.1) is 0 Å². The second-order valence-electron chi connectivity index (χ2n) is 4.78. The number of benzene rings is 1. The van der Waals surface area contributed by atoms with Gasteiger partial charge in [0.1, 0.15) is 5.02 Å². The zero-order valence-corrected chi connectivity index (χ0v) is 15.0. The Morgan fingerprint density at radius 1 is 1.26 bits per heavy atom. The average Bonchev–Trinajstić information content (AvgIpc) is 2.53. The van der Waals surface area contributed by atoms with Gasteiger partial charge in [-0.1, -0.05) is 34.8 Å². The zero-order valence-electron chi connectivity index (χ0n) is 12.7. The minimum absolute atomic E-state index is 0.0734. The molecule has 1 heterocycles. The van der Waals surface area contributed by atoms with Gasteiger partial charge in [0.2, 0.25) is 0 Å². The summed E-state index contributed by atoms with van der Waals surface area (Å²) in [5, 5.41) is 4.53. The Bertz CT molecular complexity index is 749. The molecule has 2 aromatic rings. The molecule has 2 rings (SSSR count). The molecular formula is C15H16Cl3N3O2. The lowest BCUT2D eigenvalue weighted by Gasteiger charge is -2.21. The van der Waals surface area contributed by atoms with Gasteiger partial charge in [-0.15, -0.1) is 0 Å². The van der Waals surface area contributed by atoms with Crippen molar-refractivity contribution in [3.63, 3.8) is 0 Å². The van der Waals surface area contributed by atoms with Crippen LogP contribution in [0.5, 0.6) is 0 Å². The number of hydrogen-bond acceptors (Lipinski definition) is 4. The number of ether oxygens (including phenoxy) is 1. The maximum Gasteiger partial charge on any atom is 0.291 e. The summed E-state index contributed by atoms with van der Waals surface area (Å²) < 4.78 is 6.49. The monoisotopic (exact) mass is 375 g/mol. The molecule has 0 spiro atoms. The Hall–Kier alpha value is -1.27. The fourth-order valence-corrected chi connectivity index (χ4v) is 2.57. The second-order valence-corrected chi connectivity index (χ2v) is 5.97. The molecule has 8 heteroatoms. The number of hydrogen-bond donors (Lipinski definition) is 0.